The molecule has 0 spiro atoms. The summed E-state index contributed by atoms with van der Waals surface area (Å²) in [5.74, 6) is 0.0388. The van der Waals surface area contributed by atoms with Crippen LogP contribution in [0.25, 0.3) is 0 Å². The van der Waals surface area contributed by atoms with Crippen LogP contribution in [-0.2, 0) is 9.53 Å². The Bertz CT molecular complexity index is 351. The minimum absolute atomic E-state index is 0.212. The van der Waals surface area contributed by atoms with E-state index in [1.165, 1.54) is 4.90 Å². The predicted octanol–water partition coefficient (Wildman–Crippen LogP) is 0.951. The van der Waals surface area contributed by atoms with Crippen LogP contribution >= 0.6 is 11.8 Å². The summed E-state index contributed by atoms with van der Waals surface area (Å²) in [5.41, 5.74) is 5.37. The predicted molar refractivity (Wildman–Crippen MR) is 65.4 cm³/mol. The second-order valence-electron chi connectivity index (χ2n) is 4.12. The van der Waals surface area contributed by atoms with E-state index in [1.54, 1.807) is 0 Å². The molecule has 2 saturated heterocycles. The average molecular weight is 256 g/mol. The lowest BCUT2D eigenvalue weighted by molar-refractivity contribution is -0.122. The van der Waals surface area contributed by atoms with Crippen molar-refractivity contribution in [3.8, 4) is 0 Å². The average Bonchev–Trinajstić information content (AvgIpc) is 2.59. The first kappa shape index (κ1) is 12.6. The van der Waals surface area contributed by atoms with Crippen LogP contribution in [0, 0.1) is 5.92 Å². The Hall–Kier alpha value is -0.850. The SMILES string of the molecule is NCCN1C(=O)S/C(=C/C2CCCOC2)C1=O. The topological polar surface area (TPSA) is 72.6 Å². The Balaban J connectivity index is 2.04. The molecule has 2 fully saturated rings. The third-order valence-corrected chi connectivity index (χ3v) is 3.73. The molecule has 2 heterocycles. The number of hydrogen-bond donors (Lipinski definition) is 1. The molecule has 0 saturated carbocycles. The summed E-state index contributed by atoms with van der Waals surface area (Å²) < 4.78 is 5.35. The molecule has 17 heavy (non-hydrogen) atoms. The first-order chi connectivity index (χ1) is 8.22. The number of nitrogens with zero attached hydrogens (tertiary/aromatic N) is 1. The third kappa shape index (κ3) is 2.88. The van der Waals surface area contributed by atoms with Crippen LogP contribution < -0.4 is 5.73 Å². The van der Waals surface area contributed by atoms with Gasteiger partial charge in [-0.3, -0.25) is 14.5 Å². The lowest BCUT2D eigenvalue weighted by Gasteiger charge is -2.19. The van der Waals surface area contributed by atoms with Crippen molar-refractivity contribution in [2.75, 3.05) is 26.3 Å². The van der Waals surface area contributed by atoms with Crippen molar-refractivity contribution >= 4 is 22.9 Å². The van der Waals surface area contributed by atoms with E-state index >= 15 is 0 Å². The first-order valence-corrected chi connectivity index (χ1v) is 6.57. The molecular formula is C11H16N2O3S. The molecule has 0 aliphatic carbocycles. The van der Waals surface area contributed by atoms with Gasteiger partial charge in [0, 0.05) is 25.6 Å². The number of carbonyl (C=O) groups excluding carboxylic acids is 2. The van der Waals surface area contributed by atoms with Gasteiger partial charge in [-0.1, -0.05) is 6.08 Å². The van der Waals surface area contributed by atoms with Crippen LogP contribution in [0.1, 0.15) is 12.8 Å². The summed E-state index contributed by atoms with van der Waals surface area (Å²) in [7, 11) is 0. The zero-order valence-corrected chi connectivity index (χ0v) is 10.4. The monoisotopic (exact) mass is 256 g/mol. The van der Waals surface area contributed by atoms with Crippen molar-refractivity contribution in [3.05, 3.63) is 11.0 Å². The van der Waals surface area contributed by atoms with E-state index < -0.39 is 0 Å². The molecule has 1 atom stereocenters. The van der Waals surface area contributed by atoms with Crippen LogP contribution in [0.2, 0.25) is 0 Å². The fourth-order valence-electron chi connectivity index (χ4n) is 1.95. The molecule has 0 aromatic rings. The first-order valence-electron chi connectivity index (χ1n) is 5.75. The van der Waals surface area contributed by atoms with Gasteiger partial charge in [0.1, 0.15) is 0 Å². The van der Waals surface area contributed by atoms with Crippen molar-refractivity contribution in [1.82, 2.24) is 4.90 Å². The van der Waals surface area contributed by atoms with E-state index in [9.17, 15) is 9.59 Å². The van der Waals surface area contributed by atoms with E-state index in [0.29, 0.717) is 24.6 Å². The highest BCUT2D eigenvalue weighted by Crippen LogP contribution is 2.32. The van der Waals surface area contributed by atoms with Gasteiger partial charge in [0.2, 0.25) is 0 Å². The number of hydrogen-bond acceptors (Lipinski definition) is 5. The van der Waals surface area contributed by atoms with E-state index in [1.807, 2.05) is 6.08 Å². The van der Waals surface area contributed by atoms with Crippen molar-refractivity contribution in [2.24, 2.45) is 11.7 Å². The second-order valence-corrected chi connectivity index (χ2v) is 5.11. The maximum Gasteiger partial charge on any atom is 0.293 e. The van der Waals surface area contributed by atoms with Crippen LogP contribution in [-0.4, -0.2) is 42.3 Å². The van der Waals surface area contributed by atoms with E-state index in [2.05, 4.69) is 0 Å². The highest BCUT2D eigenvalue weighted by atomic mass is 32.2. The summed E-state index contributed by atoms with van der Waals surface area (Å²) in [4.78, 5) is 25.2. The number of carbonyl (C=O) groups is 2. The molecule has 0 aromatic heterocycles. The summed E-state index contributed by atoms with van der Waals surface area (Å²) in [5, 5.41) is -0.219. The number of ether oxygens (including phenoxy) is 1. The fraction of sp³-hybridized carbons (Fsp3) is 0.636. The van der Waals surface area contributed by atoms with E-state index in [-0.39, 0.29) is 17.1 Å². The Morgan fingerprint density at radius 3 is 3.00 bits per heavy atom. The standard InChI is InChI=1S/C11H16N2O3S/c12-3-4-13-10(14)9(17-11(13)15)6-8-2-1-5-16-7-8/h6,8H,1-5,7,12H2/b9-6+. The zero-order chi connectivity index (χ0) is 12.3. The molecule has 2 aliphatic heterocycles. The van der Waals surface area contributed by atoms with Crippen LogP contribution in [0.4, 0.5) is 4.79 Å². The maximum absolute atomic E-state index is 11.9. The number of imide groups is 1. The molecule has 0 radical (unpaired) electrons. The Morgan fingerprint density at radius 1 is 1.53 bits per heavy atom. The summed E-state index contributed by atoms with van der Waals surface area (Å²) in [6, 6.07) is 0. The molecule has 0 bridgehead atoms. The summed E-state index contributed by atoms with van der Waals surface area (Å²) in [6.07, 6.45) is 3.90. The molecule has 2 aliphatic rings. The van der Waals surface area contributed by atoms with Gasteiger partial charge in [-0.2, -0.15) is 0 Å². The molecule has 2 N–H and O–H groups in total. The number of rotatable bonds is 3. The van der Waals surface area contributed by atoms with E-state index in [4.69, 9.17) is 10.5 Å². The minimum Gasteiger partial charge on any atom is -0.381 e. The van der Waals surface area contributed by atoms with Crippen molar-refractivity contribution in [1.29, 1.82) is 0 Å². The van der Waals surface area contributed by atoms with Gasteiger partial charge in [-0.25, -0.2) is 0 Å². The minimum atomic E-state index is -0.219. The zero-order valence-electron chi connectivity index (χ0n) is 9.55. The van der Waals surface area contributed by atoms with Gasteiger partial charge in [0.05, 0.1) is 11.5 Å². The molecule has 2 amide bonds. The molecular weight excluding hydrogens is 240 g/mol. The van der Waals surface area contributed by atoms with Gasteiger partial charge in [-0.05, 0) is 24.6 Å². The maximum atomic E-state index is 11.9. The number of nitrogens with two attached hydrogens (primary N) is 1. The van der Waals surface area contributed by atoms with Crippen molar-refractivity contribution < 1.29 is 14.3 Å². The Kier molecular flexibility index (Phi) is 4.20. The molecule has 2 rings (SSSR count). The fourth-order valence-corrected chi connectivity index (χ4v) is 2.88. The largest absolute Gasteiger partial charge is 0.381 e. The van der Waals surface area contributed by atoms with Gasteiger partial charge >= 0.3 is 0 Å². The van der Waals surface area contributed by atoms with Gasteiger partial charge in [-0.15, -0.1) is 0 Å². The van der Waals surface area contributed by atoms with Gasteiger partial charge in [0.25, 0.3) is 11.1 Å². The smallest absolute Gasteiger partial charge is 0.293 e. The second kappa shape index (κ2) is 5.66. The summed E-state index contributed by atoms with van der Waals surface area (Å²) >= 11 is 1.00. The quantitative estimate of drug-likeness (QED) is 0.761. The van der Waals surface area contributed by atoms with Crippen molar-refractivity contribution in [2.45, 2.75) is 12.8 Å². The lowest BCUT2D eigenvalue weighted by Crippen LogP contribution is -2.33. The molecule has 94 valence electrons. The Labute approximate surface area is 104 Å². The van der Waals surface area contributed by atoms with Crippen molar-refractivity contribution in [3.63, 3.8) is 0 Å². The third-order valence-electron chi connectivity index (χ3n) is 2.81. The highest BCUT2D eigenvalue weighted by Gasteiger charge is 2.34. The molecule has 5 nitrogen and oxygen atoms in total. The molecule has 1 unspecified atom stereocenters. The molecule has 6 heteroatoms. The number of thioether (sulfide) groups is 1. The van der Waals surface area contributed by atoms with Crippen LogP contribution in [0.5, 0.6) is 0 Å². The van der Waals surface area contributed by atoms with Crippen LogP contribution in [0.3, 0.4) is 0 Å². The van der Waals surface area contributed by atoms with Gasteiger partial charge in [0.15, 0.2) is 0 Å². The Morgan fingerprint density at radius 2 is 2.35 bits per heavy atom. The van der Waals surface area contributed by atoms with E-state index in [0.717, 1.165) is 31.2 Å². The van der Waals surface area contributed by atoms with Gasteiger partial charge < -0.3 is 10.5 Å². The number of amides is 2. The molecule has 0 aromatic carbocycles. The van der Waals surface area contributed by atoms with Crippen LogP contribution in [0.15, 0.2) is 11.0 Å². The summed E-state index contributed by atoms with van der Waals surface area (Å²) in [6.45, 7) is 2.03. The normalized spacial score (nSPS) is 28.2. The lowest BCUT2D eigenvalue weighted by atomic mass is 10.0. The highest BCUT2D eigenvalue weighted by molar-refractivity contribution is 8.18.